The maximum atomic E-state index is 10.7. The van der Waals surface area contributed by atoms with Crippen molar-refractivity contribution < 1.29 is 10.0 Å². The van der Waals surface area contributed by atoms with Crippen molar-refractivity contribution in [2.45, 2.75) is 17.9 Å². The lowest BCUT2D eigenvalue weighted by molar-refractivity contribution is -0.607. The Balaban J connectivity index is 2.03. The van der Waals surface area contributed by atoms with E-state index >= 15 is 0 Å². The standard InChI is InChI=1S/C14H16NO3S/c1-19(11-12-5-3-2-4-6-12)13-7-9-14(16,10-8-13)15(17)18/h2-9,16H,10-11H2,1H3/q+1. The summed E-state index contributed by atoms with van der Waals surface area (Å²) in [4.78, 5) is 11.1. The van der Waals surface area contributed by atoms with E-state index in [0.717, 1.165) is 10.7 Å². The lowest BCUT2D eigenvalue weighted by Crippen LogP contribution is -2.36. The fraction of sp³-hybridized carbons (Fsp3) is 0.286. The monoisotopic (exact) mass is 278 g/mol. The van der Waals surface area contributed by atoms with Gasteiger partial charge < -0.3 is 5.11 Å². The third-order valence-electron chi connectivity index (χ3n) is 3.06. The van der Waals surface area contributed by atoms with Crippen LogP contribution in [0.15, 0.2) is 53.5 Å². The number of nitrogens with zero attached hydrogens (tertiary/aromatic N) is 1. The molecule has 0 bridgehead atoms. The van der Waals surface area contributed by atoms with Crippen LogP contribution in [0, 0.1) is 10.1 Å². The molecular weight excluding hydrogens is 262 g/mol. The molecule has 0 spiro atoms. The summed E-state index contributed by atoms with van der Waals surface area (Å²) in [5, 5.41) is 20.4. The summed E-state index contributed by atoms with van der Waals surface area (Å²) >= 11 is 0. The minimum Gasteiger partial charge on any atom is -0.327 e. The number of allylic oxidation sites excluding steroid dienone is 1. The van der Waals surface area contributed by atoms with Gasteiger partial charge in [-0.2, -0.15) is 0 Å². The number of rotatable bonds is 4. The van der Waals surface area contributed by atoms with Crippen molar-refractivity contribution in [1.29, 1.82) is 0 Å². The van der Waals surface area contributed by atoms with Gasteiger partial charge in [-0.1, -0.05) is 30.3 Å². The first-order chi connectivity index (χ1) is 9.01. The van der Waals surface area contributed by atoms with E-state index in [0.29, 0.717) is 0 Å². The van der Waals surface area contributed by atoms with Crippen LogP contribution in [0.25, 0.3) is 0 Å². The Kier molecular flexibility index (Phi) is 4.07. The number of hydrogen-bond acceptors (Lipinski definition) is 3. The van der Waals surface area contributed by atoms with Crippen molar-refractivity contribution in [1.82, 2.24) is 0 Å². The number of hydrogen-bond donors (Lipinski definition) is 1. The molecule has 0 radical (unpaired) electrons. The van der Waals surface area contributed by atoms with Crippen LogP contribution in [-0.4, -0.2) is 22.0 Å². The Morgan fingerprint density at radius 2 is 2.11 bits per heavy atom. The first-order valence-electron chi connectivity index (χ1n) is 5.94. The topological polar surface area (TPSA) is 63.4 Å². The van der Waals surface area contributed by atoms with E-state index in [2.05, 4.69) is 18.4 Å². The molecule has 2 rings (SSSR count). The van der Waals surface area contributed by atoms with E-state index in [1.807, 2.05) is 18.2 Å². The Morgan fingerprint density at radius 3 is 2.63 bits per heavy atom. The third-order valence-corrected chi connectivity index (χ3v) is 4.94. The summed E-state index contributed by atoms with van der Waals surface area (Å²) in [6, 6.07) is 10.1. The molecule has 0 saturated heterocycles. The molecule has 1 aromatic rings. The zero-order valence-corrected chi connectivity index (χ0v) is 11.5. The molecule has 0 amide bonds. The molecule has 1 aliphatic carbocycles. The summed E-state index contributed by atoms with van der Waals surface area (Å²) < 4.78 is 0. The van der Waals surface area contributed by atoms with Gasteiger partial charge in [-0.05, 0) is 12.2 Å². The zero-order chi connectivity index (χ0) is 13.9. The average Bonchev–Trinajstić information content (AvgIpc) is 2.40. The second-order valence-electron chi connectivity index (χ2n) is 4.55. The normalized spacial score (nSPS) is 23.8. The highest BCUT2D eigenvalue weighted by molar-refractivity contribution is 7.99. The Hall–Kier alpha value is -1.59. The van der Waals surface area contributed by atoms with Crippen LogP contribution in [0.4, 0.5) is 0 Å². The first kappa shape index (κ1) is 13.8. The highest BCUT2D eigenvalue weighted by Crippen LogP contribution is 2.26. The van der Waals surface area contributed by atoms with Crippen LogP contribution in [0.5, 0.6) is 0 Å². The van der Waals surface area contributed by atoms with Gasteiger partial charge >= 0.3 is 5.72 Å². The SMILES string of the molecule is C[S+](Cc1ccccc1)C1=CCC(O)([N+](=O)[O-])C=C1. The number of aliphatic hydroxyl groups is 1. The molecule has 2 unspecified atom stereocenters. The Bertz CT molecular complexity index is 527. The fourth-order valence-corrected chi connectivity index (χ4v) is 3.43. The van der Waals surface area contributed by atoms with Crippen LogP contribution in [-0.2, 0) is 16.6 Å². The lowest BCUT2D eigenvalue weighted by Gasteiger charge is -2.17. The molecule has 4 nitrogen and oxygen atoms in total. The molecule has 0 fully saturated rings. The second-order valence-corrected chi connectivity index (χ2v) is 6.58. The highest BCUT2D eigenvalue weighted by Gasteiger charge is 2.39. The quantitative estimate of drug-likeness (QED) is 0.397. The van der Waals surface area contributed by atoms with Crippen molar-refractivity contribution in [3.8, 4) is 0 Å². The van der Waals surface area contributed by atoms with E-state index in [1.165, 1.54) is 11.6 Å². The maximum absolute atomic E-state index is 10.7. The molecule has 0 heterocycles. The average molecular weight is 278 g/mol. The van der Waals surface area contributed by atoms with E-state index in [-0.39, 0.29) is 17.3 Å². The molecule has 100 valence electrons. The summed E-state index contributed by atoms with van der Waals surface area (Å²) in [7, 11) is -0.0133. The summed E-state index contributed by atoms with van der Waals surface area (Å²) in [5.41, 5.74) is -0.682. The lowest BCUT2D eigenvalue weighted by atomic mass is 10.1. The largest absolute Gasteiger partial charge is 0.346 e. The van der Waals surface area contributed by atoms with Crippen molar-refractivity contribution in [2.75, 3.05) is 6.26 Å². The first-order valence-corrected chi connectivity index (χ1v) is 7.74. The van der Waals surface area contributed by atoms with Gasteiger partial charge in [-0.15, -0.1) is 0 Å². The molecule has 1 aromatic carbocycles. The van der Waals surface area contributed by atoms with Gasteiger partial charge in [0, 0.05) is 22.5 Å². The van der Waals surface area contributed by atoms with Gasteiger partial charge in [-0.3, -0.25) is 10.1 Å². The van der Waals surface area contributed by atoms with Gasteiger partial charge in [0.05, 0.1) is 11.3 Å². The van der Waals surface area contributed by atoms with Crippen LogP contribution in [0.3, 0.4) is 0 Å². The van der Waals surface area contributed by atoms with E-state index < -0.39 is 10.6 Å². The third kappa shape index (κ3) is 3.24. The fourth-order valence-electron chi connectivity index (χ4n) is 1.90. The predicted molar refractivity (Wildman–Crippen MR) is 77.2 cm³/mol. The summed E-state index contributed by atoms with van der Waals surface area (Å²) in [6.07, 6.45) is 6.89. The summed E-state index contributed by atoms with van der Waals surface area (Å²) in [5.74, 6) is 0.911. The Morgan fingerprint density at radius 1 is 1.42 bits per heavy atom. The molecule has 1 aliphatic rings. The summed E-state index contributed by atoms with van der Waals surface area (Å²) in [6.45, 7) is 0. The second kappa shape index (κ2) is 5.59. The minimum absolute atomic E-state index is 0.0133. The molecule has 2 atom stereocenters. The van der Waals surface area contributed by atoms with Gasteiger partial charge in [0.25, 0.3) is 0 Å². The molecule has 5 heteroatoms. The van der Waals surface area contributed by atoms with Gasteiger partial charge in [0.15, 0.2) is 4.91 Å². The van der Waals surface area contributed by atoms with Gasteiger partial charge in [0.2, 0.25) is 0 Å². The van der Waals surface area contributed by atoms with Crippen LogP contribution in [0.2, 0.25) is 0 Å². The predicted octanol–water partition coefficient (Wildman–Crippen LogP) is 2.24. The molecule has 0 aromatic heterocycles. The molecule has 0 saturated carbocycles. The smallest absolute Gasteiger partial charge is 0.327 e. The Labute approximate surface area is 115 Å². The molecule has 1 N–H and O–H groups in total. The number of benzene rings is 1. The van der Waals surface area contributed by atoms with Crippen molar-refractivity contribution in [3.63, 3.8) is 0 Å². The van der Waals surface area contributed by atoms with Crippen LogP contribution < -0.4 is 0 Å². The van der Waals surface area contributed by atoms with E-state index in [1.54, 1.807) is 12.2 Å². The van der Waals surface area contributed by atoms with E-state index in [9.17, 15) is 15.2 Å². The van der Waals surface area contributed by atoms with Crippen molar-refractivity contribution >= 4 is 10.9 Å². The minimum atomic E-state index is -1.93. The van der Waals surface area contributed by atoms with Gasteiger partial charge in [0.1, 0.15) is 12.0 Å². The zero-order valence-electron chi connectivity index (χ0n) is 10.7. The van der Waals surface area contributed by atoms with Crippen LogP contribution >= 0.6 is 0 Å². The molecule has 0 aliphatic heterocycles. The maximum Gasteiger partial charge on any atom is 0.346 e. The number of nitro groups is 1. The van der Waals surface area contributed by atoms with Crippen LogP contribution in [0.1, 0.15) is 12.0 Å². The van der Waals surface area contributed by atoms with Gasteiger partial charge in [-0.25, -0.2) is 0 Å². The molecule has 19 heavy (non-hydrogen) atoms. The van der Waals surface area contributed by atoms with E-state index in [4.69, 9.17) is 0 Å². The molecular formula is C14H16NO3S+. The van der Waals surface area contributed by atoms with Crippen molar-refractivity contribution in [3.05, 3.63) is 69.1 Å². The highest BCUT2D eigenvalue weighted by atomic mass is 32.2. The van der Waals surface area contributed by atoms with Crippen molar-refractivity contribution in [2.24, 2.45) is 0 Å².